The first-order valence-corrected chi connectivity index (χ1v) is 7.24. The molecule has 0 fully saturated rings. The first-order valence-electron chi connectivity index (χ1n) is 4.93. The van der Waals surface area contributed by atoms with Crippen molar-refractivity contribution in [3.8, 4) is 0 Å². The van der Waals surface area contributed by atoms with Gasteiger partial charge < -0.3 is 9.15 Å². The van der Waals surface area contributed by atoms with Gasteiger partial charge >= 0.3 is 5.97 Å². The number of halogens is 1. The number of carbonyl (C=O) groups is 1. The zero-order valence-corrected chi connectivity index (χ0v) is 10.8. The van der Waals surface area contributed by atoms with Crippen molar-refractivity contribution in [1.82, 2.24) is 4.98 Å². The Labute approximate surface area is 107 Å². The molecule has 18 heavy (non-hydrogen) atoms. The molecule has 2 aromatic heterocycles. The highest BCUT2D eigenvalue weighted by molar-refractivity contribution is 8.13. The summed E-state index contributed by atoms with van der Waals surface area (Å²) in [7, 11) is 1.22. The molecule has 0 unspecified atom stereocenters. The molecule has 2 heterocycles. The summed E-state index contributed by atoms with van der Waals surface area (Å²) in [6.07, 6.45) is 1.26. The molecular formula is C10H8ClNO5S. The number of rotatable bonds is 3. The summed E-state index contributed by atoms with van der Waals surface area (Å²) in [6.45, 7) is 1.88. The quantitative estimate of drug-likeness (QED) is 0.634. The first-order chi connectivity index (χ1) is 8.41. The maximum absolute atomic E-state index is 11.4. The van der Waals surface area contributed by atoms with E-state index in [0.29, 0.717) is 5.39 Å². The molecule has 0 bridgehead atoms. The van der Waals surface area contributed by atoms with Gasteiger partial charge in [-0.2, -0.15) is 0 Å². The van der Waals surface area contributed by atoms with E-state index in [1.54, 1.807) is 6.92 Å². The Morgan fingerprint density at radius 2 is 2.22 bits per heavy atom. The van der Waals surface area contributed by atoms with Crippen LogP contribution in [0.1, 0.15) is 17.5 Å². The van der Waals surface area contributed by atoms with E-state index in [4.69, 9.17) is 19.8 Å². The van der Waals surface area contributed by atoms with E-state index in [0.717, 1.165) is 6.07 Å². The number of pyridine rings is 1. The third kappa shape index (κ3) is 2.46. The van der Waals surface area contributed by atoms with Crippen molar-refractivity contribution in [3.63, 3.8) is 0 Å². The first kappa shape index (κ1) is 12.8. The number of furan rings is 1. The lowest BCUT2D eigenvalue weighted by atomic mass is 10.3. The van der Waals surface area contributed by atoms with Crippen LogP contribution in [0.4, 0.5) is 0 Å². The number of fused-ring (bicyclic) bond motifs is 1. The summed E-state index contributed by atoms with van der Waals surface area (Å²) >= 11 is 0. The van der Waals surface area contributed by atoms with Crippen LogP contribution in [0.5, 0.6) is 0 Å². The highest BCUT2D eigenvalue weighted by Crippen LogP contribution is 2.23. The van der Waals surface area contributed by atoms with Crippen LogP contribution >= 0.6 is 10.7 Å². The van der Waals surface area contributed by atoms with Crippen LogP contribution in [0.15, 0.2) is 27.8 Å². The van der Waals surface area contributed by atoms with Gasteiger partial charge in [0.25, 0.3) is 9.05 Å². The van der Waals surface area contributed by atoms with Gasteiger partial charge in [0.1, 0.15) is 5.58 Å². The smallest absolute Gasteiger partial charge is 0.374 e. The summed E-state index contributed by atoms with van der Waals surface area (Å²) in [5.74, 6) is -0.637. The Balaban J connectivity index is 2.49. The van der Waals surface area contributed by atoms with E-state index in [2.05, 4.69) is 4.98 Å². The lowest BCUT2D eigenvalue weighted by Crippen LogP contribution is -2.02. The van der Waals surface area contributed by atoms with Crippen LogP contribution in [0.2, 0.25) is 0 Å². The van der Waals surface area contributed by atoms with Crippen LogP contribution in [0.25, 0.3) is 11.0 Å². The van der Waals surface area contributed by atoms with Crippen molar-refractivity contribution in [2.75, 3.05) is 6.61 Å². The fourth-order valence-electron chi connectivity index (χ4n) is 1.35. The van der Waals surface area contributed by atoms with Crippen molar-refractivity contribution >= 4 is 36.7 Å². The van der Waals surface area contributed by atoms with Crippen molar-refractivity contribution in [2.24, 2.45) is 0 Å². The third-order valence-corrected chi connectivity index (χ3v) is 3.30. The lowest BCUT2D eigenvalue weighted by Gasteiger charge is -1.95. The minimum atomic E-state index is -3.93. The predicted octanol–water partition coefficient (Wildman–Crippen LogP) is 1.93. The predicted molar refractivity (Wildman–Crippen MR) is 63.0 cm³/mol. The molecule has 0 aliphatic carbocycles. The van der Waals surface area contributed by atoms with Gasteiger partial charge in [-0.05, 0) is 6.92 Å². The molecule has 0 spiro atoms. The molecule has 6 nitrogen and oxygen atoms in total. The summed E-state index contributed by atoms with van der Waals surface area (Å²) in [5.41, 5.74) is 0.201. The van der Waals surface area contributed by atoms with Crippen molar-refractivity contribution in [1.29, 1.82) is 0 Å². The molecule has 0 aromatic carbocycles. The van der Waals surface area contributed by atoms with Crippen LogP contribution in [-0.4, -0.2) is 26.0 Å². The topological polar surface area (TPSA) is 86.5 Å². The zero-order valence-electron chi connectivity index (χ0n) is 9.21. The van der Waals surface area contributed by atoms with E-state index in [9.17, 15) is 13.2 Å². The molecule has 96 valence electrons. The molecule has 8 heteroatoms. The van der Waals surface area contributed by atoms with E-state index in [1.807, 2.05) is 0 Å². The van der Waals surface area contributed by atoms with Gasteiger partial charge in [-0.15, -0.1) is 0 Å². The lowest BCUT2D eigenvalue weighted by molar-refractivity contribution is 0.0492. The second-order valence-corrected chi connectivity index (χ2v) is 5.84. The van der Waals surface area contributed by atoms with Crippen LogP contribution in [0, 0.1) is 0 Å². The second kappa shape index (κ2) is 4.58. The molecule has 0 saturated carbocycles. The number of ether oxygens (including phenoxy) is 1. The largest absolute Gasteiger partial charge is 0.460 e. The fraction of sp³-hybridized carbons (Fsp3) is 0.200. The monoisotopic (exact) mass is 289 g/mol. The number of nitrogens with zero attached hydrogens (tertiary/aromatic N) is 1. The zero-order chi connectivity index (χ0) is 13.3. The van der Waals surface area contributed by atoms with E-state index >= 15 is 0 Å². The van der Waals surface area contributed by atoms with Crippen LogP contribution in [-0.2, 0) is 13.8 Å². The van der Waals surface area contributed by atoms with Gasteiger partial charge in [0, 0.05) is 34.4 Å². The van der Waals surface area contributed by atoms with E-state index in [1.165, 1.54) is 12.3 Å². The van der Waals surface area contributed by atoms with Gasteiger partial charge in [0.05, 0.1) is 6.61 Å². The van der Waals surface area contributed by atoms with Crippen LogP contribution < -0.4 is 0 Å². The minimum absolute atomic E-state index is 0.0160. The normalized spacial score (nSPS) is 11.7. The highest BCUT2D eigenvalue weighted by Gasteiger charge is 2.17. The number of aromatic nitrogens is 1. The van der Waals surface area contributed by atoms with Gasteiger partial charge in [-0.1, -0.05) is 0 Å². The Bertz CT molecular complexity index is 706. The standard InChI is InChI=1S/C10H8ClNO5S/c1-2-16-10(13)8-3-6-5-12-9(18(11,14)15)4-7(6)17-8/h3-5H,2H2,1H3. The molecule has 0 saturated heterocycles. The average Bonchev–Trinajstić information content (AvgIpc) is 2.70. The summed E-state index contributed by atoms with van der Waals surface area (Å²) in [4.78, 5) is 15.1. The molecule has 0 N–H and O–H groups in total. The van der Waals surface area contributed by atoms with E-state index in [-0.39, 0.29) is 23.0 Å². The van der Waals surface area contributed by atoms with Crippen molar-refractivity contribution in [3.05, 3.63) is 24.1 Å². The molecule has 0 amide bonds. The van der Waals surface area contributed by atoms with Crippen molar-refractivity contribution in [2.45, 2.75) is 11.9 Å². The SMILES string of the molecule is CCOC(=O)c1cc2cnc(S(=O)(=O)Cl)cc2o1. The van der Waals surface area contributed by atoms with Gasteiger partial charge in [-0.3, -0.25) is 0 Å². The summed E-state index contributed by atoms with van der Waals surface area (Å²) < 4.78 is 32.1. The third-order valence-electron chi connectivity index (χ3n) is 2.10. The molecule has 0 atom stereocenters. The Kier molecular flexibility index (Phi) is 3.27. The molecular weight excluding hydrogens is 282 g/mol. The minimum Gasteiger partial charge on any atom is -0.460 e. The van der Waals surface area contributed by atoms with Gasteiger partial charge in [0.15, 0.2) is 5.03 Å². The van der Waals surface area contributed by atoms with Crippen molar-refractivity contribution < 1.29 is 22.4 Å². The highest BCUT2D eigenvalue weighted by atomic mass is 35.7. The van der Waals surface area contributed by atoms with Gasteiger partial charge in [-0.25, -0.2) is 18.2 Å². The molecule has 2 rings (SSSR count). The fourth-order valence-corrected chi connectivity index (χ4v) is 2.03. The summed E-state index contributed by atoms with van der Waals surface area (Å²) in [6, 6.07) is 2.57. The molecule has 0 aliphatic rings. The molecule has 0 aliphatic heterocycles. The maximum atomic E-state index is 11.4. The Morgan fingerprint density at radius 3 is 2.83 bits per heavy atom. The number of hydrogen-bond donors (Lipinski definition) is 0. The van der Waals surface area contributed by atoms with Crippen LogP contribution in [0.3, 0.4) is 0 Å². The Hall–Kier alpha value is -1.60. The average molecular weight is 290 g/mol. The number of hydrogen-bond acceptors (Lipinski definition) is 6. The molecule has 0 radical (unpaired) electrons. The number of carbonyl (C=O) groups excluding carboxylic acids is 1. The Morgan fingerprint density at radius 1 is 1.50 bits per heavy atom. The molecule has 2 aromatic rings. The second-order valence-electron chi connectivity index (χ2n) is 3.33. The van der Waals surface area contributed by atoms with Gasteiger partial charge in [0.2, 0.25) is 5.76 Å². The van der Waals surface area contributed by atoms with E-state index < -0.39 is 15.0 Å². The number of esters is 1. The summed E-state index contributed by atoms with van der Waals surface area (Å²) in [5, 5.41) is 0.156. The maximum Gasteiger partial charge on any atom is 0.374 e.